The summed E-state index contributed by atoms with van der Waals surface area (Å²) in [4.78, 5) is 14.4. The molecule has 0 bridgehead atoms. The standard InChI is InChI=1S/C16H23FN2O/c1-11(8-14-6-4-5-7-15(14)17)16(20)19-9-12(2)18-13(3)10-19/h4-7,11-13,18H,8-10H2,1-3H3/t11-,12+,13+/m0/s1. The highest BCUT2D eigenvalue weighted by atomic mass is 19.1. The normalized spacial score (nSPS) is 24.5. The summed E-state index contributed by atoms with van der Waals surface area (Å²) in [6.07, 6.45) is 0.457. The SMILES string of the molecule is C[C@@H]1CN(C(=O)[C@@H](C)Cc2ccccc2F)C[C@@H](C)N1. The number of amides is 1. The van der Waals surface area contributed by atoms with Crippen molar-refractivity contribution in [3.63, 3.8) is 0 Å². The molecule has 3 atom stereocenters. The van der Waals surface area contributed by atoms with E-state index in [2.05, 4.69) is 19.2 Å². The Balaban J connectivity index is 2.00. The Hall–Kier alpha value is -1.42. The molecule has 0 unspecified atom stereocenters. The second-order valence-electron chi connectivity index (χ2n) is 5.91. The predicted octanol–water partition coefficient (Wildman–Crippen LogP) is 2.21. The van der Waals surface area contributed by atoms with Crippen LogP contribution in [0.3, 0.4) is 0 Å². The Kier molecular flexibility index (Phi) is 4.76. The lowest BCUT2D eigenvalue weighted by molar-refractivity contribution is -0.136. The molecule has 1 aromatic carbocycles. The third-order valence-electron chi connectivity index (χ3n) is 3.77. The van der Waals surface area contributed by atoms with Crippen LogP contribution in [0.25, 0.3) is 0 Å². The van der Waals surface area contributed by atoms with Crippen LogP contribution in [0, 0.1) is 11.7 Å². The number of hydrogen-bond donors (Lipinski definition) is 1. The maximum Gasteiger partial charge on any atom is 0.225 e. The fourth-order valence-electron chi connectivity index (χ4n) is 2.90. The van der Waals surface area contributed by atoms with Crippen LogP contribution in [0.1, 0.15) is 26.3 Å². The highest BCUT2D eigenvalue weighted by molar-refractivity contribution is 5.79. The summed E-state index contributed by atoms with van der Waals surface area (Å²) in [7, 11) is 0. The third kappa shape index (κ3) is 3.57. The van der Waals surface area contributed by atoms with E-state index in [1.54, 1.807) is 12.1 Å². The minimum absolute atomic E-state index is 0.119. The van der Waals surface area contributed by atoms with Crippen LogP contribution in [0.4, 0.5) is 4.39 Å². The molecule has 20 heavy (non-hydrogen) atoms. The molecule has 1 aliphatic rings. The van der Waals surface area contributed by atoms with E-state index >= 15 is 0 Å². The summed E-state index contributed by atoms with van der Waals surface area (Å²) in [5.74, 6) is -0.299. The topological polar surface area (TPSA) is 32.3 Å². The summed E-state index contributed by atoms with van der Waals surface area (Å²) in [6.45, 7) is 7.50. The van der Waals surface area contributed by atoms with Crippen molar-refractivity contribution in [1.29, 1.82) is 0 Å². The first-order chi connectivity index (χ1) is 9.47. The van der Waals surface area contributed by atoms with Gasteiger partial charge in [-0.1, -0.05) is 25.1 Å². The Morgan fingerprint density at radius 3 is 2.55 bits per heavy atom. The molecule has 1 saturated heterocycles. The third-order valence-corrected chi connectivity index (χ3v) is 3.77. The van der Waals surface area contributed by atoms with Crippen molar-refractivity contribution >= 4 is 5.91 Å². The van der Waals surface area contributed by atoms with Gasteiger partial charge in [0.1, 0.15) is 5.82 Å². The van der Waals surface area contributed by atoms with Gasteiger partial charge in [-0.25, -0.2) is 4.39 Å². The molecule has 1 aliphatic heterocycles. The molecule has 0 saturated carbocycles. The van der Waals surface area contributed by atoms with Gasteiger partial charge in [0.05, 0.1) is 0 Å². The average Bonchev–Trinajstić information content (AvgIpc) is 2.39. The molecule has 2 rings (SSSR count). The zero-order valence-corrected chi connectivity index (χ0v) is 12.4. The van der Waals surface area contributed by atoms with Crippen molar-refractivity contribution in [2.75, 3.05) is 13.1 Å². The van der Waals surface area contributed by atoms with Gasteiger partial charge in [-0.3, -0.25) is 4.79 Å². The molecule has 1 N–H and O–H groups in total. The number of nitrogens with one attached hydrogen (secondary N) is 1. The highest BCUT2D eigenvalue weighted by Crippen LogP contribution is 2.16. The van der Waals surface area contributed by atoms with Crippen LogP contribution in [0.5, 0.6) is 0 Å². The van der Waals surface area contributed by atoms with E-state index in [1.165, 1.54) is 6.07 Å². The number of piperazine rings is 1. The lowest BCUT2D eigenvalue weighted by Crippen LogP contribution is -2.56. The van der Waals surface area contributed by atoms with Gasteiger partial charge < -0.3 is 10.2 Å². The number of nitrogens with zero attached hydrogens (tertiary/aromatic N) is 1. The Morgan fingerprint density at radius 1 is 1.35 bits per heavy atom. The Bertz CT molecular complexity index is 467. The fourth-order valence-corrected chi connectivity index (χ4v) is 2.90. The van der Waals surface area contributed by atoms with Crippen molar-refractivity contribution in [2.45, 2.75) is 39.3 Å². The Morgan fingerprint density at radius 2 is 1.95 bits per heavy atom. The van der Waals surface area contributed by atoms with Crippen LogP contribution in [0.2, 0.25) is 0 Å². The molecule has 1 amide bonds. The lowest BCUT2D eigenvalue weighted by atomic mass is 9.98. The van der Waals surface area contributed by atoms with Crippen LogP contribution in [-0.2, 0) is 11.2 Å². The van der Waals surface area contributed by atoms with Gasteiger partial charge in [-0.05, 0) is 31.9 Å². The predicted molar refractivity (Wildman–Crippen MR) is 77.9 cm³/mol. The molecule has 0 spiro atoms. The lowest BCUT2D eigenvalue weighted by Gasteiger charge is -2.37. The number of rotatable bonds is 3. The van der Waals surface area contributed by atoms with E-state index in [-0.39, 0.29) is 17.6 Å². The van der Waals surface area contributed by atoms with Crippen molar-refractivity contribution in [2.24, 2.45) is 5.92 Å². The minimum atomic E-state index is -0.228. The first-order valence-electron chi connectivity index (χ1n) is 7.25. The smallest absolute Gasteiger partial charge is 0.225 e. The van der Waals surface area contributed by atoms with E-state index in [1.807, 2.05) is 17.9 Å². The average molecular weight is 278 g/mol. The van der Waals surface area contributed by atoms with Crippen LogP contribution in [0.15, 0.2) is 24.3 Å². The zero-order chi connectivity index (χ0) is 14.7. The van der Waals surface area contributed by atoms with Gasteiger partial charge in [-0.2, -0.15) is 0 Å². The van der Waals surface area contributed by atoms with E-state index in [9.17, 15) is 9.18 Å². The molecule has 1 fully saturated rings. The van der Waals surface area contributed by atoms with Crippen molar-refractivity contribution < 1.29 is 9.18 Å². The van der Waals surface area contributed by atoms with Crippen molar-refractivity contribution in [1.82, 2.24) is 10.2 Å². The Labute approximate surface area is 120 Å². The molecule has 110 valence electrons. The maximum absolute atomic E-state index is 13.6. The van der Waals surface area contributed by atoms with Crippen LogP contribution >= 0.6 is 0 Å². The van der Waals surface area contributed by atoms with Gasteiger partial charge >= 0.3 is 0 Å². The monoisotopic (exact) mass is 278 g/mol. The molecular formula is C16H23FN2O. The number of halogens is 1. The molecule has 0 aromatic heterocycles. The van der Waals surface area contributed by atoms with E-state index in [0.717, 1.165) is 13.1 Å². The summed E-state index contributed by atoms with van der Waals surface area (Å²) in [5, 5.41) is 3.41. The number of carbonyl (C=O) groups is 1. The highest BCUT2D eigenvalue weighted by Gasteiger charge is 2.28. The first-order valence-corrected chi connectivity index (χ1v) is 7.25. The van der Waals surface area contributed by atoms with Crippen molar-refractivity contribution in [3.8, 4) is 0 Å². The quantitative estimate of drug-likeness (QED) is 0.919. The summed E-state index contributed by atoms with van der Waals surface area (Å²) in [5.41, 5.74) is 0.615. The summed E-state index contributed by atoms with van der Waals surface area (Å²) >= 11 is 0. The fraction of sp³-hybridized carbons (Fsp3) is 0.562. The molecule has 3 nitrogen and oxygen atoms in total. The van der Waals surface area contributed by atoms with Gasteiger partial charge in [0.15, 0.2) is 0 Å². The molecule has 1 heterocycles. The molecule has 0 radical (unpaired) electrons. The number of hydrogen-bond acceptors (Lipinski definition) is 2. The second-order valence-corrected chi connectivity index (χ2v) is 5.91. The number of benzene rings is 1. The van der Waals surface area contributed by atoms with Crippen LogP contribution < -0.4 is 5.32 Å². The van der Waals surface area contributed by atoms with Gasteiger partial charge in [0.2, 0.25) is 5.91 Å². The van der Waals surface area contributed by atoms with E-state index in [0.29, 0.717) is 24.1 Å². The largest absolute Gasteiger partial charge is 0.339 e. The molecule has 0 aliphatic carbocycles. The summed E-state index contributed by atoms with van der Waals surface area (Å²) in [6, 6.07) is 7.30. The van der Waals surface area contributed by atoms with Gasteiger partial charge in [0, 0.05) is 31.1 Å². The second kappa shape index (κ2) is 6.35. The van der Waals surface area contributed by atoms with E-state index in [4.69, 9.17) is 0 Å². The minimum Gasteiger partial charge on any atom is -0.339 e. The van der Waals surface area contributed by atoms with Gasteiger partial charge in [-0.15, -0.1) is 0 Å². The van der Waals surface area contributed by atoms with Crippen LogP contribution in [-0.4, -0.2) is 36.0 Å². The molecule has 4 heteroatoms. The maximum atomic E-state index is 13.6. The zero-order valence-electron chi connectivity index (χ0n) is 12.4. The molecular weight excluding hydrogens is 255 g/mol. The number of carbonyl (C=O) groups excluding carboxylic acids is 1. The first kappa shape index (κ1) is 15.0. The van der Waals surface area contributed by atoms with Gasteiger partial charge in [0.25, 0.3) is 0 Å². The molecule has 1 aromatic rings. The van der Waals surface area contributed by atoms with Crippen molar-refractivity contribution in [3.05, 3.63) is 35.6 Å². The van der Waals surface area contributed by atoms with E-state index < -0.39 is 0 Å². The summed E-state index contributed by atoms with van der Waals surface area (Å²) < 4.78 is 13.6.